The first-order valence-electron chi connectivity index (χ1n) is 11.1. The highest BCUT2D eigenvalue weighted by molar-refractivity contribution is 5.78. The third-order valence-electron chi connectivity index (χ3n) is 6.26. The molecule has 0 saturated carbocycles. The summed E-state index contributed by atoms with van der Waals surface area (Å²) in [5.41, 5.74) is 3.97. The van der Waals surface area contributed by atoms with Gasteiger partial charge in [0.1, 0.15) is 0 Å². The molecular weight excluding hydrogens is 342 g/mol. The molecule has 1 amide bonds. The first kappa shape index (κ1) is 20.6. The number of carbonyl (C=O) groups excluding carboxylic acids is 1. The van der Waals surface area contributed by atoms with Crippen molar-refractivity contribution >= 4 is 5.91 Å². The van der Waals surface area contributed by atoms with Crippen molar-refractivity contribution in [2.45, 2.75) is 58.8 Å². The van der Waals surface area contributed by atoms with Crippen molar-refractivity contribution in [1.29, 1.82) is 0 Å². The minimum atomic E-state index is 0.238. The Balaban J connectivity index is 1.49. The SMILES string of the molecule is CCCCC(CC)C(=O)N1CCC(Cc2ccc(-c3ccccc3)cc2)CC1. The summed E-state index contributed by atoms with van der Waals surface area (Å²) in [6, 6.07) is 19.6. The predicted molar refractivity (Wildman–Crippen MR) is 118 cm³/mol. The maximum Gasteiger partial charge on any atom is 0.225 e. The fourth-order valence-electron chi connectivity index (χ4n) is 4.37. The van der Waals surface area contributed by atoms with Gasteiger partial charge >= 0.3 is 0 Å². The minimum Gasteiger partial charge on any atom is -0.342 e. The highest BCUT2D eigenvalue weighted by Crippen LogP contribution is 2.26. The Morgan fingerprint density at radius 1 is 0.964 bits per heavy atom. The molecular formula is C26H35NO. The number of unbranched alkanes of at least 4 members (excludes halogenated alkanes) is 1. The summed E-state index contributed by atoms with van der Waals surface area (Å²) in [5.74, 6) is 1.34. The lowest BCUT2D eigenvalue weighted by molar-refractivity contribution is -0.137. The van der Waals surface area contributed by atoms with Crippen LogP contribution in [0.3, 0.4) is 0 Å². The Morgan fingerprint density at radius 2 is 1.61 bits per heavy atom. The quantitative estimate of drug-likeness (QED) is 0.525. The molecule has 2 aromatic carbocycles. The van der Waals surface area contributed by atoms with Gasteiger partial charge in [-0.2, -0.15) is 0 Å². The van der Waals surface area contributed by atoms with Gasteiger partial charge < -0.3 is 4.90 Å². The van der Waals surface area contributed by atoms with Crippen LogP contribution >= 0.6 is 0 Å². The molecule has 1 heterocycles. The number of piperidine rings is 1. The van der Waals surface area contributed by atoms with Crippen molar-refractivity contribution in [3.8, 4) is 11.1 Å². The van der Waals surface area contributed by atoms with Crippen LogP contribution in [0.1, 0.15) is 57.9 Å². The number of rotatable bonds is 8. The normalized spacial score (nSPS) is 16.1. The van der Waals surface area contributed by atoms with Gasteiger partial charge in [-0.1, -0.05) is 81.3 Å². The van der Waals surface area contributed by atoms with E-state index < -0.39 is 0 Å². The zero-order chi connectivity index (χ0) is 19.8. The van der Waals surface area contributed by atoms with Gasteiger partial charge in [0.2, 0.25) is 5.91 Å². The number of benzene rings is 2. The van der Waals surface area contributed by atoms with Crippen molar-refractivity contribution in [2.75, 3.05) is 13.1 Å². The lowest BCUT2D eigenvalue weighted by Gasteiger charge is -2.34. The molecule has 0 N–H and O–H groups in total. The molecule has 0 bridgehead atoms. The van der Waals surface area contributed by atoms with Crippen molar-refractivity contribution in [3.05, 3.63) is 60.2 Å². The van der Waals surface area contributed by atoms with E-state index in [1.165, 1.54) is 29.5 Å². The van der Waals surface area contributed by atoms with E-state index in [-0.39, 0.29) is 5.92 Å². The van der Waals surface area contributed by atoms with Crippen molar-refractivity contribution < 1.29 is 4.79 Å². The average Bonchev–Trinajstić information content (AvgIpc) is 2.76. The van der Waals surface area contributed by atoms with Crippen LogP contribution in [0.2, 0.25) is 0 Å². The van der Waals surface area contributed by atoms with Gasteiger partial charge in [0.15, 0.2) is 0 Å². The summed E-state index contributed by atoms with van der Waals surface area (Å²) in [5, 5.41) is 0. The summed E-state index contributed by atoms with van der Waals surface area (Å²) in [6.07, 6.45) is 7.78. The van der Waals surface area contributed by atoms with Crippen molar-refractivity contribution in [3.63, 3.8) is 0 Å². The third kappa shape index (κ3) is 5.47. The molecule has 2 nitrogen and oxygen atoms in total. The smallest absolute Gasteiger partial charge is 0.225 e. The highest BCUT2D eigenvalue weighted by atomic mass is 16.2. The van der Waals surface area contributed by atoms with Crippen molar-refractivity contribution in [1.82, 2.24) is 4.90 Å². The molecule has 0 aromatic heterocycles. The molecule has 1 atom stereocenters. The highest BCUT2D eigenvalue weighted by Gasteiger charge is 2.27. The third-order valence-corrected chi connectivity index (χ3v) is 6.26. The molecule has 1 aliphatic heterocycles. The average molecular weight is 378 g/mol. The Bertz CT molecular complexity index is 714. The summed E-state index contributed by atoms with van der Waals surface area (Å²) in [6.45, 7) is 6.24. The van der Waals surface area contributed by atoms with Crippen LogP contribution in [0.25, 0.3) is 11.1 Å². The van der Waals surface area contributed by atoms with Crippen molar-refractivity contribution in [2.24, 2.45) is 11.8 Å². The standard InChI is InChI=1S/C26H35NO/c1-3-5-9-23(4-2)26(28)27-18-16-22(17-19-27)20-21-12-14-25(15-13-21)24-10-7-6-8-11-24/h6-8,10-15,22-23H,3-5,9,16-20H2,1-2H3. The second-order valence-corrected chi connectivity index (χ2v) is 8.28. The van der Waals surface area contributed by atoms with E-state index in [2.05, 4.69) is 73.3 Å². The summed E-state index contributed by atoms with van der Waals surface area (Å²) in [4.78, 5) is 14.9. The molecule has 2 heteroatoms. The second-order valence-electron chi connectivity index (χ2n) is 8.28. The molecule has 2 aromatic rings. The van der Waals surface area contributed by atoms with Crippen LogP contribution in [-0.4, -0.2) is 23.9 Å². The molecule has 1 saturated heterocycles. The Labute approximate surface area is 171 Å². The van der Waals surface area contributed by atoms with Crippen LogP contribution in [0.5, 0.6) is 0 Å². The van der Waals surface area contributed by atoms with E-state index in [1.54, 1.807) is 0 Å². The molecule has 1 aliphatic rings. The number of carbonyl (C=O) groups is 1. The molecule has 0 radical (unpaired) electrons. The van der Waals surface area contributed by atoms with Gasteiger partial charge in [-0.15, -0.1) is 0 Å². The van der Waals surface area contributed by atoms with E-state index in [0.717, 1.165) is 45.2 Å². The molecule has 28 heavy (non-hydrogen) atoms. The van der Waals surface area contributed by atoms with Gasteiger partial charge in [0.05, 0.1) is 0 Å². The van der Waals surface area contributed by atoms with Gasteiger partial charge in [-0.05, 0) is 54.7 Å². The van der Waals surface area contributed by atoms with E-state index in [1.807, 2.05) is 0 Å². The number of hydrogen-bond donors (Lipinski definition) is 0. The second kappa shape index (κ2) is 10.5. The minimum absolute atomic E-state index is 0.238. The Morgan fingerprint density at radius 3 is 2.21 bits per heavy atom. The van der Waals surface area contributed by atoms with Gasteiger partial charge in [0.25, 0.3) is 0 Å². The molecule has 1 fully saturated rings. The number of hydrogen-bond acceptors (Lipinski definition) is 1. The number of amides is 1. The van der Waals surface area contributed by atoms with Crippen LogP contribution < -0.4 is 0 Å². The fourth-order valence-corrected chi connectivity index (χ4v) is 4.37. The fraction of sp³-hybridized carbons (Fsp3) is 0.500. The summed E-state index contributed by atoms with van der Waals surface area (Å²) >= 11 is 0. The molecule has 0 aliphatic carbocycles. The predicted octanol–water partition coefficient (Wildman–Crippen LogP) is 6.35. The summed E-state index contributed by atoms with van der Waals surface area (Å²) in [7, 11) is 0. The van der Waals surface area contributed by atoms with E-state index in [0.29, 0.717) is 11.8 Å². The molecule has 0 spiro atoms. The van der Waals surface area contributed by atoms with Gasteiger partial charge in [0, 0.05) is 19.0 Å². The largest absolute Gasteiger partial charge is 0.342 e. The van der Waals surface area contributed by atoms with Crippen LogP contribution in [0.4, 0.5) is 0 Å². The van der Waals surface area contributed by atoms with Crippen LogP contribution in [0.15, 0.2) is 54.6 Å². The number of likely N-dealkylation sites (tertiary alicyclic amines) is 1. The Kier molecular flexibility index (Phi) is 7.71. The first-order chi connectivity index (χ1) is 13.7. The lowest BCUT2D eigenvalue weighted by Crippen LogP contribution is -2.42. The summed E-state index contributed by atoms with van der Waals surface area (Å²) < 4.78 is 0. The monoisotopic (exact) mass is 377 g/mol. The van der Waals surface area contributed by atoms with E-state index in [9.17, 15) is 4.79 Å². The van der Waals surface area contributed by atoms with Crippen LogP contribution in [0, 0.1) is 11.8 Å². The molecule has 1 unspecified atom stereocenters. The van der Waals surface area contributed by atoms with E-state index in [4.69, 9.17) is 0 Å². The zero-order valence-corrected chi connectivity index (χ0v) is 17.6. The van der Waals surface area contributed by atoms with Crippen LogP contribution in [-0.2, 0) is 11.2 Å². The topological polar surface area (TPSA) is 20.3 Å². The van der Waals surface area contributed by atoms with Gasteiger partial charge in [-0.25, -0.2) is 0 Å². The maximum atomic E-state index is 12.8. The molecule has 3 rings (SSSR count). The molecule has 150 valence electrons. The lowest BCUT2D eigenvalue weighted by atomic mass is 9.88. The van der Waals surface area contributed by atoms with E-state index >= 15 is 0 Å². The van der Waals surface area contributed by atoms with Gasteiger partial charge in [-0.3, -0.25) is 4.79 Å². The number of nitrogens with zero attached hydrogens (tertiary/aromatic N) is 1. The Hall–Kier alpha value is -2.09. The zero-order valence-electron chi connectivity index (χ0n) is 17.6. The maximum absolute atomic E-state index is 12.8. The first-order valence-corrected chi connectivity index (χ1v) is 11.1.